The lowest BCUT2D eigenvalue weighted by Crippen LogP contribution is -2.34. The summed E-state index contributed by atoms with van der Waals surface area (Å²) in [5, 5.41) is 0. The topological polar surface area (TPSA) is 6.48 Å². The van der Waals surface area contributed by atoms with Crippen LogP contribution in [0.1, 0.15) is 17.0 Å². The second-order valence-electron chi connectivity index (χ2n) is 5.12. The van der Waals surface area contributed by atoms with Gasteiger partial charge in [-0.3, -0.25) is 0 Å². The van der Waals surface area contributed by atoms with Gasteiger partial charge >= 0.3 is 0 Å². The zero-order valence-electron chi connectivity index (χ0n) is 9.82. The number of anilines is 2. The van der Waals surface area contributed by atoms with Crippen LogP contribution in [0.25, 0.3) is 0 Å². The van der Waals surface area contributed by atoms with Crippen molar-refractivity contribution in [3.05, 3.63) is 72.1 Å². The molecule has 86 valence electrons. The minimum absolute atomic E-state index is 0.430. The second kappa shape index (κ2) is 2.78. The summed E-state index contributed by atoms with van der Waals surface area (Å²) in [6, 6.07) is 17.5. The average Bonchev–Trinajstić information content (AvgIpc) is 3.06. The van der Waals surface area contributed by atoms with Gasteiger partial charge in [-0.1, -0.05) is 36.4 Å². The molecule has 0 fully saturated rings. The lowest BCUT2D eigenvalue weighted by atomic mass is 9.93. The Morgan fingerprint density at radius 3 is 1.72 bits per heavy atom. The first kappa shape index (κ1) is 8.81. The molecule has 0 saturated carbocycles. The molecule has 0 radical (unpaired) electrons. The largest absolute Gasteiger partial charge is 0.324 e. The van der Waals surface area contributed by atoms with Crippen LogP contribution in [0.5, 0.6) is 0 Å². The molecular weight excluding hydrogens is 220 g/mol. The van der Waals surface area contributed by atoms with E-state index in [4.69, 9.17) is 0 Å². The molecule has 0 bridgehead atoms. The first-order valence-corrected chi connectivity index (χ1v) is 6.38. The highest BCUT2D eigenvalue weighted by atomic mass is 15.4. The summed E-state index contributed by atoms with van der Waals surface area (Å²) < 4.78 is 0. The van der Waals surface area contributed by atoms with Crippen molar-refractivity contribution in [3.8, 4) is 0 Å². The SMILES string of the molecule is C1=CN2c3ccccc3C3c4ccccc4N1C32. The number of benzene rings is 2. The molecule has 3 aliphatic heterocycles. The van der Waals surface area contributed by atoms with Gasteiger partial charge in [-0.25, -0.2) is 0 Å². The third-order valence-corrected chi connectivity index (χ3v) is 4.36. The highest BCUT2D eigenvalue weighted by Gasteiger charge is 2.49. The average molecular weight is 232 g/mol. The summed E-state index contributed by atoms with van der Waals surface area (Å²) in [7, 11) is 0. The lowest BCUT2D eigenvalue weighted by Gasteiger charge is -2.23. The lowest BCUT2D eigenvalue weighted by molar-refractivity contribution is 0.689. The Morgan fingerprint density at radius 1 is 0.667 bits per heavy atom. The first-order chi connectivity index (χ1) is 8.95. The molecule has 2 aromatic rings. The Morgan fingerprint density at radius 2 is 1.17 bits per heavy atom. The number of fused-ring (bicyclic) bond motifs is 6. The Kier molecular flexibility index (Phi) is 1.36. The molecule has 5 rings (SSSR count). The maximum atomic E-state index is 2.40. The van der Waals surface area contributed by atoms with E-state index in [1.807, 2.05) is 0 Å². The molecule has 3 heterocycles. The van der Waals surface area contributed by atoms with Gasteiger partial charge in [0, 0.05) is 23.8 Å². The van der Waals surface area contributed by atoms with E-state index in [1.54, 1.807) is 0 Å². The molecule has 0 aliphatic carbocycles. The normalized spacial score (nSPS) is 25.3. The Balaban J connectivity index is 1.86. The van der Waals surface area contributed by atoms with E-state index >= 15 is 0 Å². The van der Waals surface area contributed by atoms with Crippen LogP contribution in [0.4, 0.5) is 11.4 Å². The van der Waals surface area contributed by atoms with E-state index in [0.29, 0.717) is 12.1 Å². The van der Waals surface area contributed by atoms with Gasteiger partial charge in [0.05, 0.1) is 5.92 Å². The molecule has 0 atom stereocenters. The molecule has 0 saturated heterocycles. The quantitative estimate of drug-likeness (QED) is 0.688. The Hall–Kier alpha value is -2.22. The summed E-state index contributed by atoms with van der Waals surface area (Å²) in [5.74, 6) is 0.493. The predicted octanol–water partition coefficient (Wildman–Crippen LogP) is 3.27. The van der Waals surface area contributed by atoms with Crippen molar-refractivity contribution < 1.29 is 0 Å². The van der Waals surface area contributed by atoms with Crippen LogP contribution < -0.4 is 9.80 Å². The molecule has 2 aromatic carbocycles. The number of nitrogens with zero attached hydrogens (tertiary/aromatic N) is 2. The first-order valence-electron chi connectivity index (χ1n) is 6.38. The molecule has 0 N–H and O–H groups in total. The monoisotopic (exact) mass is 232 g/mol. The summed E-state index contributed by atoms with van der Waals surface area (Å²) in [6.07, 6.45) is 4.85. The second-order valence-corrected chi connectivity index (χ2v) is 5.12. The van der Waals surface area contributed by atoms with Crippen molar-refractivity contribution in [2.75, 3.05) is 9.80 Å². The Bertz CT molecular complexity index is 632. The highest BCUT2D eigenvalue weighted by Crippen LogP contribution is 2.55. The van der Waals surface area contributed by atoms with E-state index in [-0.39, 0.29) is 0 Å². The molecular formula is C16H12N2. The fraction of sp³-hybridized carbons (Fsp3) is 0.125. The number of para-hydroxylation sites is 2. The van der Waals surface area contributed by atoms with Crippen LogP contribution in [0.15, 0.2) is 60.9 Å². The highest BCUT2D eigenvalue weighted by molar-refractivity contribution is 5.79. The summed E-state index contributed by atoms with van der Waals surface area (Å²) in [4.78, 5) is 4.81. The summed E-state index contributed by atoms with van der Waals surface area (Å²) in [5.41, 5.74) is 5.64. The molecule has 0 spiro atoms. The molecule has 18 heavy (non-hydrogen) atoms. The Labute approximate surface area is 106 Å². The third-order valence-electron chi connectivity index (χ3n) is 4.36. The van der Waals surface area contributed by atoms with Gasteiger partial charge in [0.1, 0.15) is 6.17 Å². The van der Waals surface area contributed by atoms with Gasteiger partial charge < -0.3 is 9.80 Å². The smallest absolute Gasteiger partial charge is 0.121 e. The number of hydrogen-bond acceptors (Lipinski definition) is 2. The van der Waals surface area contributed by atoms with E-state index < -0.39 is 0 Å². The van der Waals surface area contributed by atoms with E-state index in [0.717, 1.165) is 0 Å². The predicted molar refractivity (Wildman–Crippen MR) is 72.6 cm³/mol. The van der Waals surface area contributed by atoms with Crippen molar-refractivity contribution in [3.63, 3.8) is 0 Å². The zero-order valence-corrected chi connectivity index (χ0v) is 9.82. The number of rotatable bonds is 0. The molecule has 2 nitrogen and oxygen atoms in total. The van der Waals surface area contributed by atoms with Crippen molar-refractivity contribution in [1.29, 1.82) is 0 Å². The molecule has 0 aromatic heterocycles. The fourth-order valence-electron chi connectivity index (χ4n) is 3.68. The molecule has 3 aliphatic rings. The third kappa shape index (κ3) is 0.808. The van der Waals surface area contributed by atoms with Crippen LogP contribution in [0, 0.1) is 0 Å². The van der Waals surface area contributed by atoms with Gasteiger partial charge in [-0.15, -0.1) is 0 Å². The van der Waals surface area contributed by atoms with Crippen molar-refractivity contribution >= 4 is 11.4 Å². The van der Waals surface area contributed by atoms with Crippen molar-refractivity contribution in [2.24, 2.45) is 0 Å². The van der Waals surface area contributed by atoms with Crippen molar-refractivity contribution in [2.45, 2.75) is 12.1 Å². The fourth-order valence-corrected chi connectivity index (χ4v) is 3.68. The molecule has 0 unspecified atom stereocenters. The summed E-state index contributed by atoms with van der Waals surface area (Å²) in [6.45, 7) is 0. The van der Waals surface area contributed by atoms with Crippen LogP contribution in [-0.4, -0.2) is 6.17 Å². The molecule has 0 amide bonds. The van der Waals surface area contributed by atoms with Gasteiger partial charge in [0.25, 0.3) is 0 Å². The van der Waals surface area contributed by atoms with Gasteiger partial charge in [0.2, 0.25) is 0 Å². The minimum Gasteiger partial charge on any atom is -0.324 e. The molecule has 2 heteroatoms. The van der Waals surface area contributed by atoms with E-state index in [1.165, 1.54) is 22.5 Å². The van der Waals surface area contributed by atoms with Gasteiger partial charge in [-0.05, 0) is 23.3 Å². The summed E-state index contributed by atoms with van der Waals surface area (Å²) >= 11 is 0. The van der Waals surface area contributed by atoms with Crippen LogP contribution in [0.2, 0.25) is 0 Å². The van der Waals surface area contributed by atoms with E-state index in [2.05, 4.69) is 70.7 Å². The zero-order chi connectivity index (χ0) is 11.7. The van der Waals surface area contributed by atoms with Crippen molar-refractivity contribution in [1.82, 2.24) is 0 Å². The van der Waals surface area contributed by atoms with E-state index in [9.17, 15) is 0 Å². The maximum absolute atomic E-state index is 2.40. The van der Waals surface area contributed by atoms with Crippen LogP contribution in [-0.2, 0) is 0 Å². The van der Waals surface area contributed by atoms with Crippen LogP contribution in [0.3, 0.4) is 0 Å². The maximum Gasteiger partial charge on any atom is 0.121 e. The van der Waals surface area contributed by atoms with Crippen LogP contribution >= 0.6 is 0 Å². The standard InChI is InChI=1S/C16H12N2/c1-3-7-13-11(5-1)15-12-6-2-4-8-14(12)18-10-9-17(13)16(15)18/h1-10,15-16H. The number of hydrogen-bond donors (Lipinski definition) is 0. The van der Waals surface area contributed by atoms with Gasteiger partial charge in [-0.2, -0.15) is 0 Å². The van der Waals surface area contributed by atoms with Gasteiger partial charge in [0.15, 0.2) is 0 Å². The minimum atomic E-state index is 0.430.